The Morgan fingerprint density at radius 3 is 2.48 bits per heavy atom. The van der Waals surface area contributed by atoms with Crippen LogP contribution in [-0.4, -0.2) is 72.3 Å². The number of amides is 2. The monoisotopic (exact) mass is 295 g/mol. The minimum Gasteiger partial charge on any atom is -0.423 e. The predicted molar refractivity (Wildman–Crippen MR) is 82.8 cm³/mol. The molecule has 6 nitrogen and oxygen atoms in total. The Kier molecular flexibility index (Phi) is 6.54. The Labute approximate surface area is 126 Å². The third-order valence-electron chi connectivity index (χ3n) is 4.27. The van der Waals surface area contributed by atoms with Crippen LogP contribution in [0.1, 0.15) is 32.1 Å². The van der Waals surface area contributed by atoms with Crippen LogP contribution in [0.2, 0.25) is 0 Å². The van der Waals surface area contributed by atoms with Gasteiger partial charge in [0.15, 0.2) is 0 Å². The highest BCUT2D eigenvalue weighted by atomic mass is 16.4. The highest BCUT2D eigenvalue weighted by Gasteiger charge is 2.22. The van der Waals surface area contributed by atoms with Crippen molar-refractivity contribution >= 4 is 13.1 Å². The molecule has 0 atom stereocenters. The molecule has 0 unspecified atom stereocenters. The number of urea groups is 1. The highest BCUT2D eigenvalue weighted by molar-refractivity contribution is 6.50. The Balaban J connectivity index is 1.65. The number of hydrogen-bond donors (Lipinski definition) is 3. The number of rotatable bonds is 4. The summed E-state index contributed by atoms with van der Waals surface area (Å²) in [6.45, 7) is 4.85. The van der Waals surface area contributed by atoms with Crippen LogP contribution in [0.25, 0.3) is 0 Å². The quantitative estimate of drug-likeness (QED) is 0.648. The van der Waals surface area contributed by atoms with Gasteiger partial charge in [0.1, 0.15) is 0 Å². The van der Waals surface area contributed by atoms with Gasteiger partial charge >= 0.3 is 13.1 Å². The molecule has 7 heteroatoms. The first-order valence-electron chi connectivity index (χ1n) is 7.97. The van der Waals surface area contributed by atoms with Gasteiger partial charge in [-0.2, -0.15) is 0 Å². The maximum atomic E-state index is 12.0. The van der Waals surface area contributed by atoms with Gasteiger partial charge in [-0.3, -0.25) is 0 Å². The van der Waals surface area contributed by atoms with Gasteiger partial charge in [0.2, 0.25) is 0 Å². The van der Waals surface area contributed by atoms with E-state index in [-0.39, 0.29) is 6.03 Å². The zero-order valence-electron chi connectivity index (χ0n) is 12.6. The molecular formula is C14H26BN3O3. The number of nitrogens with one attached hydrogen (secondary N) is 1. The molecule has 0 saturated carbocycles. The van der Waals surface area contributed by atoms with E-state index in [4.69, 9.17) is 10.0 Å². The molecule has 2 aliphatic rings. The molecule has 0 aromatic rings. The van der Waals surface area contributed by atoms with Crippen LogP contribution < -0.4 is 5.32 Å². The molecule has 2 amide bonds. The normalized spacial score (nSPS) is 20.7. The van der Waals surface area contributed by atoms with Crippen LogP contribution in [0.5, 0.6) is 0 Å². The summed E-state index contributed by atoms with van der Waals surface area (Å²) in [5.41, 5.74) is 0.601. The molecule has 0 aromatic heterocycles. The minimum absolute atomic E-state index is 0.0625. The zero-order valence-corrected chi connectivity index (χ0v) is 12.6. The van der Waals surface area contributed by atoms with E-state index in [9.17, 15) is 4.79 Å². The average Bonchev–Trinajstić information content (AvgIpc) is 2.76. The first-order valence-corrected chi connectivity index (χ1v) is 7.97. The zero-order chi connectivity index (χ0) is 15.1. The van der Waals surface area contributed by atoms with Crippen LogP contribution in [0, 0.1) is 0 Å². The Morgan fingerprint density at radius 1 is 1.19 bits per heavy atom. The molecule has 2 heterocycles. The number of nitrogens with zero attached hydrogens (tertiary/aromatic N) is 2. The maximum Gasteiger partial charge on any atom is 0.483 e. The topological polar surface area (TPSA) is 76.0 Å². The van der Waals surface area contributed by atoms with Gasteiger partial charge in [0, 0.05) is 26.2 Å². The standard InChI is InChI=1S/C14H26BN3O3/c19-14(18-10-5-13(6-11-18)15(20)21)16-7-12-17-8-3-1-2-4-9-17/h5,20-21H,1-4,6-12H2,(H,16,19). The summed E-state index contributed by atoms with van der Waals surface area (Å²) in [5.74, 6) is 0. The van der Waals surface area contributed by atoms with Gasteiger partial charge in [0.05, 0.1) is 0 Å². The lowest BCUT2D eigenvalue weighted by atomic mass is 9.76. The summed E-state index contributed by atoms with van der Waals surface area (Å²) in [6.07, 6.45) is 7.41. The molecule has 0 bridgehead atoms. The van der Waals surface area contributed by atoms with Crippen molar-refractivity contribution in [1.29, 1.82) is 0 Å². The van der Waals surface area contributed by atoms with Crippen molar-refractivity contribution in [2.75, 3.05) is 39.3 Å². The fourth-order valence-electron chi connectivity index (χ4n) is 2.90. The fraction of sp³-hybridized carbons (Fsp3) is 0.786. The van der Waals surface area contributed by atoms with Crippen molar-refractivity contribution in [3.8, 4) is 0 Å². The first kappa shape index (κ1) is 16.3. The second kappa shape index (κ2) is 8.41. The van der Waals surface area contributed by atoms with Crippen LogP contribution in [0.3, 0.4) is 0 Å². The van der Waals surface area contributed by atoms with E-state index in [2.05, 4.69) is 10.2 Å². The van der Waals surface area contributed by atoms with E-state index in [1.807, 2.05) is 0 Å². The van der Waals surface area contributed by atoms with Crippen molar-refractivity contribution < 1.29 is 14.8 Å². The van der Waals surface area contributed by atoms with E-state index in [0.717, 1.165) is 19.6 Å². The van der Waals surface area contributed by atoms with Crippen molar-refractivity contribution in [2.45, 2.75) is 32.1 Å². The fourth-order valence-corrected chi connectivity index (χ4v) is 2.90. The SMILES string of the molecule is O=C(NCCN1CCCCCC1)N1CC=C(B(O)O)CC1. The lowest BCUT2D eigenvalue weighted by Crippen LogP contribution is -2.45. The molecule has 0 aromatic carbocycles. The highest BCUT2D eigenvalue weighted by Crippen LogP contribution is 2.11. The molecule has 2 aliphatic heterocycles. The number of hydrogen-bond acceptors (Lipinski definition) is 4. The molecule has 1 saturated heterocycles. The Hall–Kier alpha value is -1.05. The minimum atomic E-state index is -1.39. The van der Waals surface area contributed by atoms with Gasteiger partial charge < -0.3 is 25.2 Å². The van der Waals surface area contributed by atoms with E-state index < -0.39 is 7.12 Å². The lowest BCUT2D eigenvalue weighted by molar-refractivity contribution is 0.198. The second-order valence-corrected chi connectivity index (χ2v) is 5.84. The summed E-state index contributed by atoms with van der Waals surface area (Å²) < 4.78 is 0. The van der Waals surface area contributed by atoms with Gasteiger partial charge in [-0.05, 0) is 37.8 Å². The molecule has 0 radical (unpaired) electrons. The second-order valence-electron chi connectivity index (χ2n) is 5.84. The van der Waals surface area contributed by atoms with Gasteiger partial charge in [-0.15, -0.1) is 0 Å². The van der Waals surface area contributed by atoms with Gasteiger partial charge in [-0.1, -0.05) is 18.9 Å². The van der Waals surface area contributed by atoms with Crippen LogP contribution in [0.4, 0.5) is 4.79 Å². The molecule has 118 valence electrons. The molecule has 21 heavy (non-hydrogen) atoms. The smallest absolute Gasteiger partial charge is 0.423 e. The van der Waals surface area contributed by atoms with Crippen LogP contribution >= 0.6 is 0 Å². The molecule has 0 spiro atoms. The number of carbonyl (C=O) groups is 1. The van der Waals surface area contributed by atoms with Crippen molar-refractivity contribution in [2.24, 2.45) is 0 Å². The summed E-state index contributed by atoms with van der Waals surface area (Å²) >= 11 is 0. The molecule has 1 fully saturated rings. The van der Waals surface area contributed by atoms with Gasteiger partial charge in [-0.25, -0.2) is 4.79 Å². The number of likely N-dealkylation sites (tertiary alicyclic amines) is 1. The molecule has 2 rings (SSSR count). The summed E-state index contributed by atoms with van der Waals surface area (Å²) in [5, 5.41) is 21.1. The average molecular weight is 295 g/mol. The van der Waals surface area contributed by atoms with Crippen molar-refractivity contribution in [3.63, 3.8) is 0 Å². The molecule has 3 N–H and O–H groups in total. The Bertz CT molecular complexity index is 368. The number of carbonyl (C=O) groups excluding carboxylic acids is 1. The van der Waals surface area contributed by atoms with E-state index >= 15 is 0 Å². The van der Waals surface area contributed by atoms with Gasteiger partial charge in [0.25, 0.3) is 0 Å². The largest absolute Gasteiger partial charge is 0.483 e. The third-order valence-corrected chi connectivity index (χ3v) is 4.27. The van der Waals surface area contributed by atoms with Crippen molar-refractivity contribution in [1.82, 2.24) is 15.1 Å². The summed E-state index contributed by atoms with van der Waals surface area (Å²) in [7, 11) is -1.39. The lowest BCUT2D eigenvalue weighted by Gasteiger charge is -2.27. The van der Waals surface area contributed by atoms with E-state index in [1.165, 1.54) is 25.7 Å². The molecular weight excluding hydrogens is 269 g/mol. The van der Waals surface area contributed by atoms with Crippen LogP contribution in [-0.2, 0) is 0 Å². The van der Waals surface area contributed by atoms with Crippen LogP contribution in [0.15, 0.2) is 11.5 Å². The van der Waals surface area contributed by atoms with E-state index in [1.54, 1.807) is 11.0 Å². The predicted octanol–water partition coefficient (Wildman–Crippen LogP) is 0.216. The first-order chi connectivity index (χ1) is 10.2. The summed E-state index contributed by atoms with van der Waals surface area (Å²) in [4.78, 5) is 16.1. The maximum absolute atomic E-state index is 12.0. The molecule has 0 aliphatic carbocycles. The Morgan fingerprint density at radius 2 is 1.90 bits per heavy atom. The third kappa shape index (κ3) is 5.34. The van der Waals surface area contributed by atoms with Crippen molar-refractivity contribution in [3.05, 3.63) is 11.5 Å². The van der Waals surface area contributed by atoms with E-state index in [0.29, 0.717) is 31.5 Å². The summed E-state index contributed by atoms with van der Waals surface area (Å²) in [6, 6.07) is -0.0625.